The number of amidine groups is 1. The van der Waals surface area contributed by atoms with Crippen LogP contribution in [-0.2, 0) is 28.6 Å². The van der Waals surface area contributed by atoms with E-state index in [4.69, 9.17) is 25.4 Å². The fraction of sp³-hybridized carbons (Fsp3) is 0.489. The number of alkyl carbamates (subject to hydrolysis) is 1. The van der Waals surface area contributed by atoms with Crippen molar-refractivity contribution in [2.45, 2.75) is 102 Å². The Kier molecular flexibility index (Phi) is 18.0. The summed E-state index contributed by atoms with van der Waals surface area (Å²) in [5.74, 6) is -1.85. The van der Waals surface area contributed by atoms with Gasteiger partial charge in [-0.3, -0.25) is 29.9 Å². The summed E-state index contributed by atoms with van der Waals surface area (Å²) in [7, 11) is 0. The number of hydrogen-bond acceptors (Lipinski definition) is 16. The fourth-order valence-corrected chi connectivity index (χ4v) is 8.36. The highest BCUT2D eigenvalue weighted by atomic mass is 32.1. The lowest BCUT2D eigenvalue weighted by Crippen LogP contribution is -2.51. The second-order valence-electron chi connectivity index (χ2n) is 17.5. The molecule has 1 saturated heterocycles. The molecule has 3 aromatic rings. The van der Waals surface area contributed by atoms with Gasteiger partial charge in [0.25, 0.3) is 5.91 Å². The number of amides is 6. The van der Waals surface area contributed by atoms with E-state index in [1.807, 2.05) is 0 Å². The van der Waals surface area contributed by atoms with Gasteiger partial charge in [0.1, 0.15) is 59.7 Å². The summed E-state index contributed by atoms with van der Waals surface area (Å²) in [5.41, 5.74) is 4.07. The van der Waals surface area contributed by atoms with E-state index in [1.165, 1.54) is 52.6 Å². The SMILES string of the molecule is CC(NC(=O)[C@@H]1C[C@]2(COCCNC(=O)CCC(O)C(O)C(O)C(O)COC(N)=O)C[C@@H]2N1C(=O)CNC(=O)c1ccc(Oc2ccc(F)cc2)cc1)c1cc(C(=N)NC(=O)OC(C)(C)C)cs1. The van der Waals surface area contributed by atoms with E-state index in [0.29, 0.717) is 28.4 Å². The third-order valence-electron chi connectivity index (χ3n) is 11.1. The van der Waals surface area contributed by atoms with Crippen LogP contribution in [0.4, 0.5) is 14.0 Å². The fourth-order valence-electron chi connectivity index (χ4n) is 7.45. The third kappa shape index (κ3) is 14.9. The Hall–Kier alpha value is -6.24. The molecule has 21 nitrogen and oxygen atoms in total. The van der Waals surface area contributed by atoms with Gasteiger partial charge < -0.3 is 66.0 Å². The summed E-state index contributed by atoms with van der Waals surface area (Å²) >= 11 is 1.26. The van der Waals surface area contributed by atoms with Gasteiger partial charge in [-0.25, -0.2) is 14.0 Å². The summed E-state index contributed by atoms with van der Waals surface area (Å²) in [6.07, 6.45) is -8.91. The zero-order valence-corrected chi connectivity index (χ0v) is 38.7. The number of halogens is 1. The van der Waals surface area contributed by atoms with Crippen molar-refractivity contribution in [1.82, 2.24) is 26.2 Å². The Bertz CT molecular complexity index is 2280. The Morgan fingerprint density at radius 1 is 0.941 bits per heavy atom. The number of hydrogen-bond donors (Lipinski definition) is 10. The van der Waals surface area contributed by atoms with Crippen molar-refractivity contribution in [3.8, 4) is 11.5 Å². The van der Waals surface area contributed by atoms with E-state index in [2.05, 4.69) is 26.0 Å². The number of fused-ring (bicyclic) bond motifs is 1. The van der Waals surface area contributed by atoms with Gasteiger partial charge >= 0.3 is 12.2 Å². The molecule has 2 fully saturated rings. The largest absolute Gasteiger partial charge is 0.457 e. The molecule has 1 aromatic heterocycles. The van der Waals surface area contributed by atoms with Crippen molar-refractivity contribution in [1.29, 1.82) is 5.41 Å². The maximum atomic E-state index is 14.0. The van der Waals surface area contributed by atoms with E-state index in [0.717, 1.165) is 0 Å². The average Bonchev–Trinajstić information content (AvgIpc) is 3.57. The molecule has 0 spiro atoms. The number of carbonyl (C=O) groups is 6. The molecule has 6 amide bonds. The van der Waals surface area contributed by atoms with Crippen LogP contribution >= 0.6 is 11.3 Å². The van der Waals surface area contributed by atoms with Crippen LogP contribution in [0.25, 0.3) is 0 Å². The van der Waals surface area contributed by atoms with Gasteiger partial charge in [-0.1, -0.05) is 0 Å². The summed E-state index contributed by atoms with van der Waals surface area (Å²) < 4.78 is 34.5. The highest BCUT2D eigenvalue weighted by molar-refractivity contribution is 7.10. The van der Waals surface area contributed by atoms with Crippen molar-refractivity contribution < 1.29 is 72.5 Å². The van der Waals surface area contributed by atoms with Gasteiger partial charge in [0.15, 0.2) is 0 Å². The molecule has 23 heteroatoms. The summed E-state index contributed by atoms with van der Waals surface area (Å²) in [6.45, 7) is 5.90. The predicted molar refractivity (Wildman–Crippen MR) is 241 cm³/mol. The normalized spacial score (nSPS) is 19.5. The number of benzene rings is 2. The van der Waals surface area contributed by atoms with Crippen LogP contribution in [0, 0.1) is 16.6 Å². The van der Waals surface area contributed by atoms with Crippen molar-refractivity contribution in [2.75, 3.05) is 32.9 Å². The number of aliphatic hydroxyl groups is 4. The first kappa shape index (κ1) is 52.7. The maximum absolute atomic E-state index is 14.0. The monoisotopic (exact) mass is 971 g/mol. The Morgan fingerprint density at radius 3 is 2.24 bits per heavy atom. The van der Waals surface area contributed by atoms with Crippen LogP contribution in [0.3, 0.4) is 0 Å². The lowest BCUT2D eigenvalue weighted by molar-refractivity contribution is -0.139. The van der Waals surface area contributed by atoms with E-state index in [1.54, 1.807) is 51.3 Å². The van der Waals surface area contributed by atoms with E-state index < -0.39 is 108 Å². The van der Waals surface area contributed by atoms with Crippen molar-refractivity contribution in [2.24, 2.45) is 11.1 Å². The number of nitrogens with one attached hydrogen (secondary N) is 5. The number of nitrogens with zero attached hydrogens (tertiary/aromatic N) is 1. The molecule has 1 aliphatic carbocycles. The minimum absolute atomic E-state index is 0.0420. The molecule has 5 rings (SSSR count). The first-order valence-corrected chi connectivity index (χ1v) is 22.5. The van der Waals surface area contributed by atoms with Crippen molar-refractivity contribution in [3.63, 3.8) is 0 Å². The number of nitrogens with two attached hydrogens (primary N) is 1. The summed E-state index contributed by atoms with van der Waals surface area (Å²) in [5, 5.41) is 60.9. The standard InChI is InChI=1S/C45H58FN7O14S/c1-24(33-17-26(22-68-33)39(47)52-43(63)67-44(2,3)4)51-41(61)30-18-45(23-64-16-15-49-35(56)14-13-31(54)37(58)38(59)32(55)21-65-42(48)62)19-34(45)53(30)36(57)20-50-40(60)25-5-9-28(10-6-25)66-29-11-7-27(46)8-12-29/h5-12,17,22,24,30-32,34,37-38,54-55,58-59H,13-16,18-21,23H2,1-4H3,(H2,48,62)(H,49,56)(H,50,60)(H,51,61)(H2,47,52,63)/t24?,30-,31?,32?,34-,37?,38?,45+/m0/s1. The molecule has 5 unspecified atom stereocenters. The van der Waals surface area contributed by atoms with Gasteiger partial charge in [0.05, 0.1) is 31.9 Å². The number of piperidine rings is 1. The molecule has 0 bridgehead atoms. The highest BCUT2D eigenvalue weighted by Crippen LogP contribution is 2.59. The van der Waals surface area contributed by atoms with E-state index in [9.17, 15) is 53.6 Å². The molecule has 0 radical (unpaired) electrons. The number of primary amides is 1. The smallest absolute Gasteiger partial charge is 0.413 e. The number of rotatable bonds is 22. The molecule has 1 saturated carbocycles. The Labute approximate surface area is 395 Å². The number of carbonyl (C=O) groups excluding carboxylic acids is 6. The van der Waals surface area contributed by atoms with Gasteiger partial charge in [-0.15, -0.1) is 11.3 Å². The molecule has 370 valence electrons. The van der Waals surface area contributed by atoms with Crippen LogP contribution < -0.4 is 31.7 Å². The molecule has 11 N–H and O–H groups in total. The van der Waals surface area contributed by atoms with Gasteiger partial charge in [0.2, 0.25) is 17.7 Å². The molecular formula is C45H58FN7O14S. The van der Waals surface area contributed by atoms with Crippen LogP contribution in [-0.4, -0.2) is 142 Å². The maximum Gasteiger partial charge on any atom is 0.413 e. The molecule has 2 aliphatic rings. The lowest BCUT2D eigenvalue weighted by atomic mass is 9.99. The second-order valence-corrected chi connectivity index (χ2v) is 18.5. The summed E-state index contributed by atoms with van der Waals surface area (Å²) in [4.78, 5) is 78.7. The molecule has 1 aliphatic heterocycles. The number of thiophene rings is 1. The molecule has 68 heavy (non-hydrogen) atoms. The zero-order chi connectivity index (χ0) is 49.9. The van der Waals surface area contributed by atoms with Crippen molar-refractivity contribution in [3.05, 3.63) is 81.8 Å². The predicted octanol–water partition coefficient (Wildman–Crippen LogP) is 1.95. The second kappa shape index (κ2) is 23.2. The first-order chi connectivity index (χ1) is 32.1. The molecule has 2 heterocycles. The molecule has 8 atom stereocenters. The number of likely N-dealkylation sites (tertiary alicyclic amines) is 1. The van der Waals surface area contributed by atoms with Crippen LogP contribution in [0.15, 0.2) is 60.0 Å². The first-order valence-electron chi connectivity index (χ1n) is 21.7. The Balaban J connectivity index is 1.16. The molecule has 2 aromatic carbocycles. The lowest BCUT2D eigenvalue weighted by Gasteiger charge is -2.28. The van der Waals surface area contributed by atoms with E-state index >= 15 is 0 Å². The number of ether oxygens (including phenoxy) is 4. The molecular weight excluding hydrogens is 914 g/mol. The van der Waals surface area contributed by atoms with Crippen LogP contribution in [0.1, 0.15) is 80.2 Å². The van der Waals surface area contributed by atoms with Gasteiger partial charge in [-0.2, -0.15) is 0 Å². The minimum atomic E-state index is -1.89. The minimum Gasteiger partial charge on any atom is -0.457 e. The zero-order valence-electron chi connectivity index (χ0n) is 37.9. The average molecular weight is 972 g/mol. The van der Waals surface area contributed by atoms with Gasteiger partial charge in [0, 0.05) is 45.8 Å². The van der Waals surface area contributed by atoms with Crippen LogP contribution in [0.2, 0.25) is 0 Å². The number of aliphatic hydroxyl groups excluding tert-OH is 4. The third-order valence-corrected chi connectivity index (χ3v) is 12.2. The van der Waals surface area contributed by atoms with Crippen molar-refractivity contribution >= 4 is 53.0 Å². The quantitative estimate of drug-likeness (QED) is 0.0391. The van der Waals surface area contributed by atoms with Crippen LogP contribution in [0.5, 0.6) is 11.5 Å². The topological polar surface area (TPSA) is 321 Å². The summed E-state index contributed by atoms with van der Waals surface area (Å²) in [6, 6.07) is 11.3. The Morgan fingerprint density at radius 2 is 1.59 bits per heavy atom. The highest BCUT2D eigenvalue weighted by Gasteiger charge is 2.67. The van der Waals surface area contributed by atoms with Gasteiger partial charge in [-0.05, 0) is 102 Å². The van der Waals surface area contributed by atoms with E-state index in [-0.39, 0.29) is 50.4 Å².